The van der Waals surface area contributed by atoms with Crippen LogP contribution in [0.5, 0.6) is 0 Å². The topological polar surface area (TPSA) is 123 Å². The molecule has 5 aromatic rings. The van der Waals surface area contributed by atoms with Gasteiger partial charge in [0.1, 0.15) is 12.0 Å². The summed E-state index contributed by atoms with van der Waals surface area (Å²) in [5, 5.41) is 11.1. The maximum atomic E-state index is 16.2. The Labute approximate surface area is 243 Å². The van der Waals surface area contributed by atoms with E-state index in [-0.39, 0.29) is 28.0 Å². The molecule has 0 bridgehead atoms. The number of hydrogen-bond donors (Lipinski definition) is 3. The summed E-state index contributed by atoms with van der Waals surface area (Å²) in [4.78, 5) is 42.5. The average Bonchev–Trinajstić information content (AvgIpc) is 3.30. The van der Waals surface area contributed by atoms with E-state index in [1.54, 1.807) is 44.2 Å². The van der Waals surface area contributed by atoms with Gasteiger partial charge in [0.15, 0.2) is 0 Å². The first-order valence-electron chi connectivity index (χ1n) is 13.3. The van der Waals surface area contributed by atoms with Crippen molar-refractivity contribution in [3.8, 4) is 5.69 Å². The van der Waals surface area contributed by atoms with Crippen molar-refractivity contribution < 1.29 is 18.7 Å². The number of nitrogens with zero attached hydrogens (tertiary/aromatic N) is 2. The minimum atomic E-state index is -1.60. The van der Waals surface area contributed by atoms with Gasteiger partial charge in [0.25, 0.3) is 5.56 Å². The number of para-hydroxylation sites is 1. The Hall–Kier alpha value is -4.28. The van der Waals surface area contributed by atoms with Crippen LogP contribution in [0, 0.1) is 5.82 Å². The Morgan fingerprint density at radius 3 is 2.52 bits per heavy atom. The fourth-order valence-electron chi connectivity index (χ4n) is 6.14. The summed E-state index contributed by atoms with van der Waals surface area (Å²) in [7, 11) is 1.35. The predicted octanol–water partition coefficient (Wildman–Crippen LogP) is 4.63. The summed E-state index contributed by atoms with van der Waals surface area (Å²) in [6.07, 6.45) is -1.81. The molecule has 2 heterocycles. The smallest absolute Gasteiger partial charge is 0.336 e. The second-order valence-corrected chi connectivity index (χ2v) is 11.6. The maximum absolute atomic E-state index is 16.2. The minimum absolute atomic E-state index is 0.0147. The van der Waals surface area contributed by atoms with Gasteiger partial charge in [0.2, 0.25) is 5.91 Å². The lowest BCUT2D eigenvalue weighted by Gasteiger charge is -2.32. The monoisotopic (exact) mass is 592 g/mol. The molecule has 0 fully saturated rings. The van der Waals surface area contributed by atoms with E-state index in [0.717, 1.165) is 15.2 Å². The fraction of sp³-hybridized carbons (Fsp3) is 0.258. The number of nitrogens with one attached hydrogen (secondary N) is 1. The van der Waals surface area contributed by atoms with Gasteiger partial charge in [-0.3, -0.25) is 14.2 Å². The van der Waals surface area contributed by atoms with Crippen molar-refractivity contribution in [2.75, 3.05) is 0 Å². The van der Waals surface area contributed by atoms with E-state index < -0.39 is 46.6 Å². The Balaban J connectivity index is 1.61. The molecular weight excluding hydrogens is 566 g/mol. The molecule has 4 N–H and O–H groups in total. The minimum Gasteiger partial charge on any atom is -0.386 e. The first-order valence-corrected chi connectivity index (χ1v) is 13.7. The van der Waals surface area contributed by atoms with Gasteiger partial charge in [-0.25, -0.2) is 18.1 Å². The third-order valence-electron chi connectivity index (χ3n) is 8.22. The molecule has 0 saturated carbocycles. The third-order valence-corrected chi connectivity index (χ3v) is 8.63. The Morgan fingerprint density at radius 1 is 1.12 bits per heavy atom. The molecule has 2 aromatic heterocycles. The normalized spacial score (nSPS) is 18.9. The van der Waals surface area contributed by atoms with Crippen LogP contribution in [0.4, 0.5) is 8.78 Å². The van der Waals surface area contributed by atoms with Gasteiger partial charge < -0.3 is 15.8 Å². The predicted molar refractivity (Wildman–Crippen MR) is 157 cm³/mol. The number of fused-ring (bicyclic) bond motifs is 4. The van der Waals surface area contributed by atoms with Crippen LogP contribution >= 0.6 is 11.6 Å². The van der Waals surface area contributed by atoms with Crippen LogP contribution in [0.3, 0.4) is 0 Å². The van der Waals surface area contributed by atoms with Crippen LogP contribution < -0.4 is 17.0 Å². The van der Waals surface area contributed by atoms with E-state index in [4.69, 9.17) is 17.3 Å². The van der Waals surface area contributed by atoms with Gasteiger partial charge in [0, 0.05) is 29.6 Å². The molecule has 1 aliphatic carbocycles. The number of benzene rings is 3. The molecular formula is C31H27ClF2N4O4. The van der Waals surface area contributed by atoms with E-state index in [9.17, 15) is 23.9 Å². The third kappa shape index (κ3) is 4.08. The van der Waals surface area contributed by atoms with Crippen molar-refractivity contribution in [2.24, 2.45) is 12.8 Å². The fourth-order valence-corrected chi connectivity index (χ4v) is 6.47. The lowest BCUT2D eigenvalue weighted by molar-refractivity contribution is -0.120. The number of aliphatic hydroxyl groups is 1. The van der Waals surface area contributed by atoms with Gasteiger partial charge in [-0.1, -0.05) is 41.9 Å². The summed E-state index contributed by atoms with van der Waals surface area (Å²) in [6.45, 7) is 3.28. The van der Waals surface area contributed by atoms with Gasteiger partial charge in [0.05, 0.1) is 33.1 Å². The average molecular weight is 593 g/mol. The summed E-state index contributed by atoms with van der Waals surface area (Å²) in [5.74, 6) is -3.33. The Kier molecular flexibility index (Phi) is 6.40. The van der Waals surface area contributed by atoms with E-state index in [1.165, 1.54) is 25.2 Å². The number of rotatable bonds is 4. The molecule has 6 rings (SSSR count). The molecule has 11 heteroatoms. The van der Waals surface area contributed by atoms with Gasteiger partial charge in [-0.2, -0.15) is 0 Å². The molecule has 0 aliphatic heterocycles. The second kappa shape index (κ2) is 9.64. The highest BCUT2D eigenvalue weighted by atomic mass is 35.5. The molecule has 0 unspecified atom stereocenters. The van der Waals surface area contributed by atoms with Crippen molar-refractivity contribution in [3.63, 3.8) is 0 Å². The molecule has 216 valence electrons. The van der Waals surface area contributed by atoms with Crippen molar-refractivity contribution >= 4 is 39.3 Å². The van der Waals surface area contributed by atoms with Crippen molar-refractivity contribution in [1.29, 1.82) is 0 Å². The quantitative estimate of drug-likeness (QED) is 0.281. The molecule has 8 nitrogen and oxygen atoms in total. The Bertz CT molecular complexity index is 2060. The van der Waals surface area contributed by atoms with E-state index in [2.05, 4.69) is 4.98 Å². The van der Waals surface area contributed by atoms with Crippen LogP contribution in [0.25, 0.3) is 27.5 Å². The number of carbonyl (C=O) groups excluding carboxylic acids is 1. The van der Waals surface area contributed by atoms with E-state index >= 15 is 4.39 Å². The van der Waals surface area contributed by atoms with Gasteiger partial charge in [-0.15, -0.1) is 0 Å². The van der Waals surface area contributed by atoms with Crippen LogP contribution in [0.15, 0.2) is 64.2 Å². The first kappa shape index (κ1) is 27.9. The summed E-state index contributed by atoms with van der Waals surface area (Å²) in [5.41, 5.74) is 5.24. The molecule has 0 spiro atoms. The Morgan fingerprint density at radius 2 is 1.83 bits per heavy atom. The lowest BCUT2D eigenvalue weighted by atomic mass is 9.74. The number of hydrogen-bond acceptors (Lipinski definition) is 4. The molecule has 42 heavy (non-hydrogen) atoms. The number of alkyl halides is 1. The van der Waals surface area contributed by atoms with Crippen molar-refractivity contribution in [1.82, 2.24) is 14.1 Å². The number of H-pyrrole nitrogens is 1. The molecule has 1 aliphatic rings. The lowest BCUT2D eigenvalue weighted by Crippen LogP contribution is -2.38. The number of halogens is 3. The molecule has 3 aromatic carbocycles. The number of amides is 1. The highest BCUT2D eigenvalue weighted by molar-refractivity contribution is 6.33. The van der Waals surface area contributed by atoms with Crippen LogP contribution in [0.1, 0.15) is 54.5 Å². The number of aryl methyl sites for hydroxylation is 1. The van der Waals surface area contributed by atoms with E-state index in [1.807, 2.05) is 0 Å². The van der Waals surface area contributed by atoms with Crippen LogP contribution in [-0.4, -0.2) is 31.3 Å². The van der Waals surface area contributed by atoms with Crippen molar-refractivity contribution in [2.45, 2.75) is 43.9 Å². The zero-order valence-electron chi connectivity index (χ0n) is 22.9. The first-order chi connectivity index (χ1) is 19.8. The largest absolute Gasteiger partial charge is 0.386 e. The number of aromatic nitrogens is 3. The second-order valence-electron chi connectivity index (χ2n) is 11.3. The van der Waals surface area contributed by atoms with E-state index in [0.29, 0.717) is 33.3 Å². The molecule has 0 radical (unpaired) electrons. The SMILES string of the molecule is Cn1c(=O)n(-c2cccc([C@H]3c4c([nH]c5cc(C(C)(C)O)ccc45)[C@@H](C(N)=O)C[C@H]3F)c2Cl)c(=O)c2cccc(F)c21. The van der Waals surface area contributed by atoms with Gasteiger partial charge in [-0.05, 0) is 61.2 Å². The summed E-state index contributed by atoms with van der Waals surface area (Å²) in [6, 6.07) is 13.8. The number of nitrogens with two attached hydrogens (primary N) is 1. The van der Waals surface area contributed by atoms with Gasteiger partial charge >= 0.3 is 5.69 Å². The highest BCUT2D eigenvalue weighted by Gasteiger charge is 2.42. The zero-order chi connectivity index (χ0) is 30.2. The zero-order valence-corrected chi connectivity index (χ0v) is 23.7. The van der Waals surface area contributed by atoms with Crippen LogP contribution in [0.2, 0.25) is 5.02 Å². The number of carbonyl (C=O) groups is 1. The highest BCUT2D eigenvalue weighted by Crippen LogP contribution is 2.49. The standard InChI is InChI=1S/C31H27ClF2N4O4/c1-31(2,42)14-10-11-15-21(12-14)36-26-18(28(35)39)13-20(34)23(24(15)26)16-6-5-9-22(25(16)32)38-29(40)17-7-4-8-19(33)27(17)37(3)30(38)41/h4-12,18,20,23,36,42H,13H2,1-3H3,(H2,35,39)/t18-,20+,23+/m0/s1. The number of primary amides is 1. The maximum Gasteiger partial charge on any atom is 0.336 e. The summed E-state index contributed by atoms with van der Waals surface area (Å²) < 4.78 is 32.6. The summed E-state index contributed by atoms with van der Waals surface area (Å²) >= 11 is 6.91. The number of aromatic amines is 1. The molecule has 0 saturated heterocycles. The van der Waals surface area contributed by atoms with Crippen molar-refractivity contribution in [3.05, 3.63) is 109 Å². The van der Waals surface area contributed by atoms with Crippen LogP contribution in [-0.2, 0) is 17.4 Å². The molecule has 1 amide bonds. The molecule has 3 atom stereocenters.